The van der Waals surface area contributed by atoms with Gasteiger partial charge in [0.2, 0.25) is 0 Å². The summed E-state index contributed by atoms with van der Waals surface area (Å²) in [5.41, 5.74) is 0.393. The number of piperidine rings is 1. The van der Waals surface area contributed by atoms with Crippen LogP contribution in [0.5, 0.6) is 0 Å². The predicted octanol–water partition coefficient (Wildman–Crippen LogP) is 3.20. The number of carbonyl (C=O) groups excluding carboxylic acids is 1. The molecule has 0 aromatic heterocycles. The minimum absolute atomic E-state index is 0.147. The number of aromatic carboxylic acids is 1. The van der Waals surface area contributed by atoms with Crippen molar-refractivity contribution in [2.24, 2.45) is 0 Å². The first-order chi connectivity index (χ1) is 10.8. The van der Waals surface area contributed by atoms with Gasteiger partial charge in [0.05, 0.1) is 5.56 Å². The molecule has 126 valence electrons. The van der Waals surface area contributed by atoms with E-state index >= 15 is 0 Å². The zero-order chi connectivity index (χ0) is 17.0. The van der Waals surface area contributed by atoms with Gasteiger partial charge in [0.1, 0.15) is 5.60 Å². The molecular formula is C17H24N2O4. The molecule has 0 bridgehead atoms. The zero-order valence-electron chi connectivity index (χ0n) is 13.8. The first kappa shape index (κ1) is 17.1. The van der Waals surface area contributed by atoms with Crippen molar-refractivity contribution in [3.63, 3.8) is 0 Å². The molecule has 1 amide bonds. The summed E-state index contributed by atoms with van der Waals surface area (Å²) in [4.78, 5) is 25.0. The van der Waals surface area contributed by atoms with Gasteiger partial charge in [0, 0.05) is 24.8 Å². The van der Waals surface area contributed by atoms with Crippen LogP contribution in [0.15, 0.2) is 24.3 Å². The summed E-state index contributed by atoms with van der Waals surface area (Å²) in [6.45, 7) is 6.75. The third kappa shape index (κ3) is 4.87. The Labute approximate surface area is 136 Å². The van der Waals surface area contributed by atoms with E-state index in [4.69, 9.17) is 4.74 Å². The molecule has 1 aliphatic rings. The predicted molar refractivity (Wildman–Crippen MR) is 87.9 cm³/mol. The Balaban J connectivity index is 1.91. The highest BCUT2D eigenvalue weighted by molar-refractivity contribution is 5.94. The number of carboxylic acids is 1. The van der Waals surface area contributed by atoms with E-state index < -0.39 is 11.6 Å². The molecule has 0 unspecified atom stereocenters. The number of carboxylic acid groups (broad SMARTS) is 1. The van der Waals surface area contributed by atoms with Crippen molar-refractivity contribution in [2.45, 2.75) is 45.3 Å². The van der Waals surface area contributed by atoms with Gasteiger partial charge in [-0.05, 0) is 45.7 Å². The van der Waals surface area contributed by atoms with E-state index in [0.717, 1.165) is 12.8 Å². The smallest absolute Gasteiger partial charge is 0.410 e. The van der Waals surface area contributed by atoms with Crippen LogP contribution in [0.3, 0.4) is 0 Å². The number of likely N-dealkylation sites (tertiary alicyclic amines) is 1. The van der Waals surface area contributed by atoms with Gasteiger partial charge in [-0.3, -0.25) is 0 Å². The number of carbonyl (C=O) groups is 2. The summed E-state index contributed by atoms with van der Waals surface area (Å²) < 4.78 is 5.37. The molecule has 2 N–H and O–H groups in total. The van der Waals surface area contributed by atoms with Crippen molar-refractivity contribution in [3.8, 4) is 0 Å². The van der Waals surface area contributed by atoms with Crippen LogP contribution >= 0.6 is 0 Å². The van der Waals surface area contributed by atoms with E-state index in [1.165, 1.54) is 0 Å². The molecule has 1 saturated heterocycles. The highest BCUT2D eigenvalue weighted by Crippen LogP contribution is 2.21. The van der Waals surface area contributed by atoms with Gasteiger partial charge < -0.3 is 20.1 Å². The van der Waals surface area contributed by atoms with E-state index in [2.05, 4.69) is 5.32 Å². The number of rotatable bonds is 3. The third-order valence-corrected chi connectivity index (χ3v) is 3.66. The van der Waals surface area contributed by atoms with E-state index in [1.807, 2.05) is 26.8 Å². The van der Waals surface area contributed by atoms with Gasteiger partial charge in [-0.2, -0.15) is 0 Å². The summed E-state index contributed by atoms with van der Waals surface area (Å²) in [6, 6.07) is 7.02. The maximum Gasteiger partial charge on any atom is 0.410 e. The molecule has 1 fully saturated rings. The summed E-state index contributed by atoms with van der Waals surface area (Å²) in [5, 5.41) is 12.5. The molecule has 2 rings (SSSR count). The van der Waals surface area contributed by atoms with Gasteiger partial charge in [0.15, 0.2) is 0 Å². The van der Waals surface area contributed by atoms with Gasteiger partial charge in [0.25, 0.3) is 0 Å². The second-order valence-corrected chi connectivity index (χ2v) is 6.74. The molecule has 1 aromatic rings. The maximum atomic E-state index is 12.0. The lowest BCUT2D eigenvalue weighted by Gasteiger charge is -2.34. The first-order valence-electron chi connectivity index (χ1n) is 7.83. The second kappa shape index (κ2) is 6.89. The number of hydrogen-bond donors (Lipinski definition) is 2. The topological polar surface area (TPSA) is 78.9 Å². The normalized spacial score (nSPS) is 16.0. The Morgan fingerprint density at radius 2 is 1.83 bits per heavy atom. The lowest BCUT2D eigenvalue weighted by atomic mass is 10.0. The van der Waals surface area contributed by atoms with Crippen LogP contribution in [0.2, 0.25) is 0 Å². The fourth-order valence-electron chi connectivity index (χ4n) is 2.55. The van der Waals surface area contributed by atoms with Crippen molar-refractivity contribution >= 4 is 17.7 Å². The number of hydrogen-bond acceptors (Lipinski definition) is 4. The average molecular weight is 320 g/mol. The number of nitrogens with zero attached hydrogens (tertiary/aromatic N) is 1. The summed E-state index contributed by atoms with van der Waals surface area (Å²) >= 11 is 0. The van der Waals surface area contributed by atoms with Gasteiger partial charge in [-0.25, -0.2) is 9.59 Å². The summed E-state index contributed by atoms with van der Waals surface area (Å²) in [7, 11) is 0. The molecule has 6 heteroatoms. The summed E-state index contributed by atoms with van der Waals surface area (Å²) in [6.07, 6.45) is 1.22. The Morgan fingerprint density at radius 3 is 2.39 bits per heavy atom. The van der Waals surface area contributed by atoms with E-state index in [-0.39, 0.29) is 17.7 Å². The molecule has 23 heavy (non-hydrogen) atoms. The molecule has 0 saturated carbocycles. The molecule has 1 aromatic carbocycles. The maximum absolute atomic E-state index is 12.0. The van der Waals surface area contributed by atoms with E-state index in [1.54, 1.807) is 23.1 Å². The number of para-hydroxylation sites is 1. The number of amides is 1. The van der Waals surface area contributed by atoms with Crippen LogP contribution in [0.25, 0.3) is 0 Å². The molecule has 0 radical (unpaired) electrons. The molecular weight excluding hydrogens is 296 g/mol. The lowest BCUT2D eigenvalue weighted by molar-refractivity contribution is 0.0210. The fourth-order valence-corrected chi connectivity index (χ4v) is 2.55. The quantitative estimate of drug-likeness (QED) is 0.894. The zero-order valence-corrected chi connectivity index (χ0v) is 13.8. The molecule has 6 nitrogen and oxygen atoms in total. The van der Waals surface area contributed by atoms with Crippen molar-refractivity contribution in [2.75, 3.05) is 18.4 Å². The Kier molecular flexibility index (Phi) is 5.13. The monoisotopic (exact) mass is 320 g/mol. The van der Waals surface area contributed by atoms with Crippen LogP contribution in [0.4, 0.5) is 10.5 Å². The average Bonchev–Trinajstić information content (AvgIpc) is 2.46. The van der Waals surface area contributed by atoms with Crippen molar-refractivity contribution in [1.82, 2.24) is 4.90 Å². The number of anilines is 1. The fraction of sp³-hybridized carbons (Fsp3) is 0.529. The largest absolute Gasteiger partial charge is 0.478 e. The Bertz CT molecular complexity index is 572. The molecule has 0 aliphatic carbocycles. The molecule has 0 spiro atoms. The van der Waals surface area contributed by atoms with Crippen molar-refractivity contribution in [1.29, 1.82) is 0 Å². The standard InChI is InChI=1S/C17H24N2O4/c1-17(2,3)23-16(22)19-10-8-12(9-11-19)18-14-7-5-4-6-13(14)15(20)21/h4-7,12,18H,8-11H2,1-3H3,(H,20,21). The highest BCUT2D eigenvalue weighted by Gasteiger charge is 2.27. The first-order valence-corrected chi connectivity index (χ1v) is 7.83. The van der Waals surface area contributed by atoms with Crippen LogP contribution in [-0.4, -0.2) is 46.8 Å². The molecule has 0 atom stereocenters. The van der Waals surface area contributed by atoms with Crippen LogP contribution in [0.1, 0.15) is 44.0 Å². The second-order valence-electron chi connectivity index (χ2n) is 6.74. The van der Waals surface area contributed by atoms with E-state index in [9.17, 15) is 14.7 Å². The van der Waals surface area contributed by atoms with Gasteiger partial charge in [-0.1, -0.05) is 12.1 Å². The van der Waals surface area contributed by atoms with Crippen molar-refractivity contribution < 1.29 is 19.4 Å². The lowest BCUT2D eigenvalue weighted by Crippen LogP contribution is -2.44. The number of benzene rings is 1. The highest BCUT2D eigenvalue weighted by atomic mass is 16.6. The van der Waals surface area contributed by atoms with E-state index in [0.29, 0.717) is 18.8 Å². The number of nitrogens with one attached hydrogen (secondary N) is 1. The van der Waals surface area contributed by atoms with Gasteiger partial charge >= 0.3 is 12.1 Å². The minimum atomic E-state index is -0.945. The summed E-state index contributed by atoms with van der Waals surface area (Å²) in [5.74, 6) is -0.945. The van der Waals surface area contributed by atoms with Crippen LogP contribution in [-0.2, 0) is 4.74 Å². The SMILES string of the molecule is CC(C)(C)OC(=O)N1CCC(Nc2ccccc2C(=O)O)CC1. The Morgan fingerprint density at radius 1 is 1.22 bits per heavy atom. The molecule has 1 heterocycles. The van der Waals surface area contributed by atoms with Crippen LogP contribution < -0.4 is 5.32 Å². The minimum Gasteiger partial charge on any atom is -0.478 e. The third-order valence-electron chi connectivity index (χ3n) is 3.66. The van der Waals surface area contributed by atoms with Crippen LogP contribution in [0, 0.1) is 0 Å². The molecule has 1 aliphatic heterocycles. The van der Waals surface area contributed by atoms with Gasteiger partial charge in [-0.15, -0.1) is 0 Å². The van der Waals surface area contributed by atoms with Crippen molar-refractivity contribution in [3.05, 3.63) is 29.8 Å². The number of ether oxygens (including phenoxy) is 1. The Hall–Kier alpha value is -2.24.